The highest BCUT2D eigenvalue weighted by atomic mass is 19.1. The van der Waals surface area contributed by atoms with Crippen molar-refractivity contribution in [1.29, 1.82) is 0 Å². The molecule has 10 heteroatoms. The Hall–Kier alpha value is -3.95. The first-order chi connectivity index (χ1) is 17.5. The number of hydrogen-bond donors (Lipinski definition) is 2. The molecule has 36 heavy (non-hydrogen) atoms. The minimum absolute atomic E-state index is 0.0332. The van der Waals surface area contributed by atoms with Gasteiger partial charge in [-0.3, -0.25) is 19.4 Å². The van der Waals surface area contributed by atoms with Gasteiger partial charge >= 0.3 is 0 Å². The molecule has 1 fully saturated rings. The minimum Gasteiger partial charge on any atom is -0.386 e. The van der Waals surface area contributed by atoms with Crippen molar-refractivity contribution in [2.45, 2.75) is 44.2 Å². The number of likely N-dealkylation sites (tertiary alicyclic amines) is 1. The van der Waals surface area contributed by atoms with E-state index in [0.717, 1.165) is 24.2 Å². The van der Waals surface area contributed by atoms with Gasteiger partial charge in [-0.15, -0.1) is 5.11 Å². The number of nitrogens with zero attached hydrogens (tertiary/aromatic N) is 4. The molecule has 0 aliphatic carbocycles. The Morgan fingerprint density at radius 2 is 2.00 bits per heavy atom. The monoisotopic (exact) mass is 490 g/mol. The van der Waals surface area contributed by atoms with Crippen molar-refractivity contribution in [3.8, 4) is 0 Å². The fraction of sp³-hybridized carbons (Fsp3) is 0.385. The van der Waals surface area contributed by atoms with Gasteiger partial charge in [-0.1, -0.05) is 12.1 Å². The summed E-state index contributed by atoms with van der Waals surface area (Å²) in [7, 11) is 0. The number of piperidine rings is 1. The number of benzene rings is 1. The molecule has 3 aliphatic rings. The highest BCUT2D eigenvalue weighted by molar-refractivity contribution is 5.96. The molecule has 0 bridgehead atoms. The third-order valence-electron chi connectivity index (χ3n) is 6.83. The standard InChI is InChI=1S/C26H27FN6O3/c27-20-7-6-16(15-22-23-18(4-3-11-29-23)25(35)32-31-22)14-19(20)24(34)30-17-8-12-33(13-9-17)26(36)21-5-1-2-10-28-21/h1-2,5-7,10,14,17,22,29H,3-4,8-9,11-13,15H2,(H,30,34). The van der Waals surface area contributed by atoms with Crippen molar-refractivity contribution in [3.63, 3.8) is 0 Å². The van der Waals surface area contributed by atoms with Gasteiger partial charge < -0.3 is 15.5 Å². The van der Waals surface area contributed by atoms with E-state index in [-0.39, 0.29) is 29.5 Å². The molecule has 3 amide bonds. The molecule has 5 rings (SSSR count). The number of pyridine rings is 1. The smallest absolute Gasteiger partial charge is 0.292 e. The van der Waals surface area contributed by atoms with E-state index >= 15 is 0 Å². The quantitative estimate of drug-likeness (QED) is 0.669. The molecule has 0 saturated carbocycles. The number of rotatable bonds is 5. The number of azo groups is 1. The average molecular weight is 491 g/mol. The average Bonchev–Trinajstić information content (AvgIpc) is 2.92. The van der Waals surface area contributed by atoms with Gasteiger partial charge in [0.05, 0.1) is 5.56 Å². The van der Waals surface area contributed by atoms with Crippen LogP contribution in [0.15, 0.2) is 64.1 Å². The van der Waals surface area contributed by atoms with E-state index in [0.29, 0.717) is 50.0 Å². The number of amides is 3. The van der Waals surface area contributed by atoms with Crippen LogP contribution in [0.5, 0.6) is 0 Å². The SMILES string of the molecule is O=C1N=NC(Cc2ccc(F)c(C(=O)NC3CCN(C(=O)c4ccccn4)CC3)c2)C2=C1CCCN2. The lowest BCUT2D eigenvalue weighted by molar-refractivity contribution is -0.115. The van der Waals surface area contributed by atoms with E-state index in [4.69, 9.17) is 0 Å². The minimum atomic E-state index is -0.602. The van der Waals surface area contributed by atoms with Gasteiger partial charge in [0.15, 0.2) is 0 Å². The molecule has 1 atom stereocenters. The van der Waals surface area contributed by atoms with Crippen LogP contribution in [0.2, 0.25) is 0 Å². The van der Waals surface area contributed by atoms with E-state index in [2.05, 4.69) is 25.8 Å². The van der Waals surface area contributed by atoms with E-state index in [1.54, 1.807) is 41.4 Å². The van der Waals surface area contributed by atoms with Gasteiger partial charge in [-0.05, 0) is 55.5 Å². The van der Waals surface area contributed by atoms with Crippen molar-refractivity contribution >= 4 is 17.7 Å². The van der Waals surface area contributed by atoms with Gasteiger partial charge in [0.1, 0.15) is 17.6 Å². The second kappa shape index (κ2) is 10.3. The Morgan fingerprint density at radius 1 is 1.17 bits per heavy atom. The zero-order chi connectivity index (χ0) is 25.1. The maximum absolute atomic E-state index is 14.6. The predicted octanol–water partition coefficient (Wildman–Crippen LogP) is 2.80. The largest absolute Gasteiger partial charge is 0.386 e. The first-order valence-corrected chi connectivity index (χ1v) is 12.2. The van der Waals surface area contributed by atoms with Crippen molar-refractivity contribution in [3.05, 3.63) is 76.5 Å². The summed E-state index contributed by atoms with van der Waals surface area (Å²) < 4.78 is 14.6. The highest BCUT2D eigenvalue weighted by Crippen LogP contribution is 2.27. The molecule has 0 radical (unpaired) electrons. The maximum Gasteiger partial charge on any atom is 0.292 e. The lowest BCUT2D eigenvalue weighted by atomic mass is 9.93. The second-order valence-electron chi connectivity index (χ2n) is 9.23. The molecule has 0 spiro atoms. The molecule has 1 unspecified atom stereocenters. The van der Waals surface area contributed by atoms with Gasteiger partial charge in [0, 0.05) is 49.6 Å². The normalized spacial score (nSPS) is 20.1. The summed E-state index contributed by atoms with van der Waals surface area (Å²) in [5.74, 6) is -1.53. The number of nitrogens with one attached hydrogen (secondary N) is 2. The Kier molecular flexibility index (Phi) is 6.84. The van der Waals surface area contributed by atoms with E-state index in [1.165, 1.54) is 6.07 Å². The molecule has 2 aromatic rings. The van der Waals surface area contributed by atoms with Crippen molar-refractivity contribution in [2.24, 2.45) is 10.2 Å². The Labute approximate surface area is 207 Å². The summed E-state index contributed by atoms with van der Waals surface area (Å²) in [5, 5.41) is 14.1. The summed E-state index contributed by atoms with van der Waals surface area (Å²) >= 11 is 0. The molecule has 1 saturated heterocycles. The highest BCUT2D eigenvalue weighted by Gasteiger charge is 2.30. The molecule has 186 valence electrons. The fourth-order valence-electron chi connectivity index (χ4n) is 4.89. The van der Waals surface area contributed by atoms with Gasteiger partial charge in [0.25, 0.3) is 17.7 Å². The van der Waals surface area contributed by atoms with Crippen LogP contribution in [0.1, 0.15) is 52.1 Å². The predicted molar refractivity (Wildman–Crippen MR) is 129 cm³/mol. The molecular formula is C26H27FN6O3. The molecule has 4 heterocycles. The molecular weight excluding hydrogens is 463 g/mol. The van der Waals surface area contributed by atoms with Crippen molar-refractivity contribution in [2.75, 3.05) is 19.6 Å². The van der Waals surface area contributed by atoms with Crippen LogP contribution in [0.3, 0.4) is 0 Å². The summed E-state index contributed by atoms with van der Waals surface area (Å²) in [4.78, 5) is 43.4. The summed E-state index contributed by atoms with van der Waals surface area (Å²) in [5.41, 5.74) is 2.54. The van der Waals surface area contributed by atoms with E-state index < -0.39 is 11.7 Å². The van der Waals surface area contributed by atoms with Crippen LogP contribution < -0.4 is 10.6 Å². The molecule has 9 nitrogen and oxygen atoms in total. The third kappa shape index (κ3) is 5.02. The topological polar surface area (TPSA) is 116 Å². The number of carbonyl (C=O) groups is 3. The van der Waals surface area contributed by atoms with E-state index in [9.17, 15) is 18.8 Å². The Bertz CT molecular complexity index is 1240. The zero-order valence-corrected chi connectivity index (χ0v) is 19.7. The number of carbonyl (C=O) groups excluding carboxylic acids is 3. The van der Waals surface area contributed by atoms with Crippen molar-refractivity contribution < 1.29 is 18.8 Å². The van der Waals surface area contributed by atoms with Gasteiger partial charge in [0.2, 0.25) is 0 Å². The van der Waals surface area contributed by atoms with Crippen molar-refractivity contribution in [1.82, 2.24) is 20.5 Å². The Balaban J connectivity index is 1.21. The van der Waals surface area contributed by atoms with Crippen LogP contribution >= 0.6 is 0 Å². The van der Waals surface area contributed by atoms with Crippen LogP contribution in [-0.4, -0.2) is 59.3 Å². The maximum atomic E-state index is 14.6. The number of aromatic nitrogens is 1. The first-order valence-electron chi connectivity index (χ1n) is 12.2. The van der Waals surface area contributed by atoms with Crippen LogP contribution in [0.4, 0.5) is 4.39 Å². The second-order valence-corrected chi connectivity index (χ2v) is 9.23. The first kappa shape index (κ1) is 23.8. The van der Waals surface area contributed by atoms with E-state index in [1.807, 2.05) is 0 Å². The van der Waals surface area contributed by atoms with Gasteiger partial charge in [-0.2, -0.15) is 5.11 Å². The lowest BCUT2D eigenvalue weighted by Gasteiger charge is -2.32. The van der Waals surface area contributed by atoms with Crippen LogP contribution in [0.25, 0.3) is 0 Å². The molecule has 3 aliphatic heterocycles. The number of hydrogen-bond acceptors (Lipinski definition) is 6. The van der Waals surface area contributed by atoms with Crippen LogP contribution in [0, 0.1) is 5.82 Å². The van der Waals surface area contributed by atoms with Crippen LogP contribution in [-0.2, 0) is 11.2 Å². The third-order valence-corrected chi connectivity index (χ3v) is 6.83. The fourth-order valence-corrected chi connectivity index (χ4v) is 4.89. The zero-order valence-electron chi connectivity index (χ0n) is 19.7. The molecule has 1 aromatic heterocycles. The lowest BCUT2D eigenvalue weighted by Crippen LogP contribution is -2.46. The number of halogens is 1. The van der Waals surface area contributed by atoms with Gasteiger partial charge in [-0.25, -0.2) is 4.39 Å². The molecule has 1 aromatic carbocycles. The molecule has 2 N–H and O–H groups in total. The summed E-state index contributed by atoms with van der Waals surface area (Å²) in [6, 6.07) is 9.14. The summed E-state index contributed by atoms with van der Waals surface area (Å²) in [6.45, 7) is 1.74. The summed E-state index contributed by atoms with van der Waals surface area (Å²) in [6.07, 6.45) is 4.66. The Morgan fingerprint density at radius 3 is 2.78 bits per heavy atom.